The molecule has 2 bridgehead atoms. The van der Waals surface area contributed by atoms with Crippen molar-refractivity contribution < 1.29 is 62.0 Å². The highest BCUT2D eigenvalue weighted by Crippen LogP contribution is 2.39. The average Bonchev–Trinajstić information content (AvgIpc) is 3.61. The highest BCUT2D eigenvalue weighted by Gasteiger charge is 2.38. The van der Waals surface area contributed by atoms with Crippen LogP contribution < -0.4 is 24.1 Å². The number of phenolic OH excluding ortho intramolecular Hbond substituents is 1. The van der Waals surface area contributed by atoms with Crippen LogP contribution in [0, 0.1) is 5.92 Å². The smallest absolute Gasteiger partial charge is 0.573 e. The second kappa shape index (κ2) is 17.3. The van der Waals surface area contributed by atoms with E-state index in [0.717, 1.165) is 60.4 Å². The molecule has 2 atom stereocenters. The lowest BCUT2D eigenvalue weighted by Crippen LogP contribution is -2.53. The monoisotopic (exact) mass is 813 g/mol. The highest BCUT2D eigenvalue weighted by molar-refractivity contribution is 7.14. The number of methoxy groups -OCH3 is 2. The third-order valence-corrected chi connectivity index (χ3v) is 10.9. The standard InChI is InChI=1S/C36H34Cl2F3N3O8S.H2O/c1-48-29-7-3-21(13-31(29)49-2)30(15-24-25(37)16-42-17-26(24)38)50-34(46)33-8-5-23(53-33)18-44(27-14-22(4-6-28(27)45)52-36(39,40)41)35(47)51-32-19-43-11-9-20(32)10-12-43;/h3-8,13-14,16-17,20,30,32,45H,9-12,15,18-19H2,1-2H3;1H2/t30-,32-;/m0./s1. The number of fused-ring (bicyclic) bond motifs is 3. The number of alkyl halides is 3. The van der Waals surface area contributed by atoms with Gasteiger partial charge < -0.3 is 34.3 Å². The fourth-order valence-electron chi connectivity index (χ4n) is 6.46. The summed E-state index contributed by atoms with van der Waals surface area (Å²) in [6.45, 7) is 2.06. The van der Waals surface area contributed by atoms with Gasteiger partial charge in [-0.05, 0) is 73.8 Å². The SMILES string of the molecule is COc1ccc([C@H](Cc2c(Cl)c[nH+]cc2Cl)OC(=O)c2ccc(CN(C(=O)O[C@H]3CN4CCC3CC4)c3cc(OC(F)(F)F)ccc3O)s2)cc1OC.[OH-]. The Morgan fingerprint density at radius 3 is 2.35 bits per heavy atom. The summed E-state index contributed by atoms with van der Waals surface area (Å²) in [5.41, 5.74) is 0.823. The number of phenols is 1. The van der Waals surface area contributed by atoms with Crippen molar-refractivity contribution in [3.63, 3.8) is 0 Å². The fraction of sp³-hybridized carbons (Fsp3) is 0.361. The van der Waals surface area contributed by atoms with Gasteiger partial charge in [0.2, 0.25) is 0 Å². The summed E-state index contributed by atoms with van der Waals surface area (Å²) in [6.07, 6.45) is -2.32. The summed E-state index contributed by atoms with van der Waals surface area (Å²) in [7, 11) is 2.97. The van der Waals surface area contributed by atoms with E-state index in [-0.39, 0.29) is 34.9 Å². The number of hydrogen-bond acceptors (Lipinski definition) is 11. The number of rotatable bonds is 12. The quantitative estimate of drug-likeness (QED) is 0.141. The van der Waals surface area contributed by atoms with Gasteiger partial charge in [-0.2, -0.15) is 0 Å². The number of aromatic hydroxyl groups is 1. The van der Waals surface area contributed by atoms with Gasteiger partial charge in [-0.1, -0.05) is 29.3 Å². The Morgan fingerprint density at radius 1 is 1.02 bits per heavy atom. The third kappa shape index (κ3) is 9.60. The van der Waals surface area contributed by atoms with Gasteiger partial charge in [0.1, 0.15) is 38.6 Å². The van der Waals surface area contributed by atoms with Crippen LogP contribution in [0.3, 0.4) is 0 Å². The Labute approximate surface area is 322 Å². The lowest BCUT2D eigenvalue weighted by Gasteiger charge is -2.44. The summed E-state index contributed by atoms with van der Waals surface area (Å²) < 4.78 is 66.2. The number of anilines is 1. The van der Waals surface area contributed by atoms with Crippen molar-refractivity contribution in [2.75, 3.05) is 38.8 Å². The molecule has 3 fully saturated rings. The van der Waals surface area contributed by atoms with E-state index in [9.17, 15) is 27.9 Å². The van der Waals surface area contributed by atoms with Crippen molar-refractivity contribution in [1.82, 2.24) is 4.90 Å². The summed E-state index contributed by atoms with van der Waals surface area (Å²) in [5.74, 6) is -0.816. The maximum absolute atomic E-state index is 13.8. The van der Waals surface area contributed by atoms with E-state index in [1.807, 2.05) is 0 Å². The van der Waals surface area contributed by atoms with Gasteiger partial charge in [0.15, 0.2) is 23.9 Å². The Bertz CT molecular complexity index is 1940. The lowest BCUT2D eigenvalue weighted by molar-refractivity contribution is -0.377. The van der Waals surface area contributed by atoms with Crippen molar-refractivity contribution in [3.8, 4) is 23.0 Å². The van der Waals surface area contributed by atoms with Crippen LogP contribution in [0.1, 0.15) is 44.6 Å². The normalized spacial score (nSPS) is 18.2. The minimum Gasteiger partial charge on any atom is -0.870 e. The molecular formula is C36H36Cl2F3N3O9S. The molecule has 0 radical (unpaired) electrons. The molecule has 2 aromatic carbocycles. The van der Waals surface area contributed by atoms with Crippen LogP contribution in [0.5, 0.6) is 23.0 Å². The van der Waals surface area contributed by atoms with Crippen LogP contribution in [0.2, 0.25) is 10.0 Å². The minimum atomic E-state index is -5.01. The summed E-state index contributed by atoms with van der Waals surface area (Å²) in [6, 6.07) is 11.0. The number of pyridine rings is 1. The van der Waals surface area contributed by atoms with Crippen LogP contribution in [-0.4, -0.2) is 73.9 Å². The van der Waals surface area contributed by atoms with Crippen molar-refractivity contribution >= 4 is 52.3 Å². The van der Waals surface area contributed by atoms with Crippen molar-refractivity contribution in [1.29, 1.82) is 0 Å². The number of ether oxygens (including phenoxy) is 5. The van der Waals surface area contributed by atoms with Crippen LogP contribution in [-0.2, 0) is 22.4 Å². The number of esters is 1. The van der Waals surface area contributed by atoms with Crippen LogP contribution in [0.25, 0.3) is 0 Å². The van der Waals surface area contributed by atoms with Crippen LogP contribution in [0.15, 0.2) is 60.9 Å². The molecular weight excluding hydrogens is 778 g/mol. The number of nitrogens with zero attached hydrogens (tertiary/aromatic N) is 2. The third-order valence-electron chi connectivity index (χ3n) is 9.13. The number of piperidine rings is 3. The highest BCUT2D eigenvalue weighted by atomic mass is 35.5. The van der Waals surface area contributed by atoms with E-state index in [1.54, 1.807) is 36.7 Å². The van der Waals surface area contributed by atoms with Crippen molar-refractivity contribution in [2.45, 2.75) is 44.4 Å². The molecule has 54 heavy (non-hydrogen) atoms. The topological polar surface area (TPSA) is 151 Å². The molecule has 3 aliphatic rings. The Balaban J connectivity index is 0.00000561. The van der Waals surface area contributed by atoms with Crippen LogP contribution in [0.4, 0.5) is 23.7 Å². The summed E-state index contributed by atoms with van der Waals surface area (Å²) in [5, 5.41) is 11.4. The number of carbonyl (C=O) groups excluding carboxylic acids is 2. The molecule has 3 aliphatic heterocycles. The van der Waals surface area contributed by atoms with Gasteiger partial charge >= 0.3 is 18.4 Å². The Morgan fingerprint density at radius 2 is 1.72 bits per heavy atom. The Kier molecular flexibility index (Phi) is 13.1. The zero-order valence-electron chi connectivity index (χ0n) is 28.9. The molecule has 0 aliphatic carbocycles. The molecule has 0 saturated carbocycles. The molecule has 3 N–H and O–H groups in total. The number of benzene rings is 2. The molecule has 18 heteroatoms. The number of amides is 1. The maximum atomic E-state index is 13.8. The van der Waals surface area contributed by atoms with Crippen molar-refractivity contribution in [3.05, 3.63) is 91.9 Å². The second-order valence-electron chi connectivity index (χ2n) is 12.5. The molecule has 0 spiro atoms. The number of aromatic nitrogens is 1. The van der Waals surface area contributed by atoms with Gasteiger partial charge in [-0.25, -0.2) is 14.6 Å². The van der Waals surface area contributed by atoms with Crippen molar-refractivity contribution in [2.24, 2.45) is 5.92 Å². The van der Waals surface area contributed by atoms with Gasteiger partial charge in [-0.15, -0.1) is 24.5 Å². The molecule has 290 valence electrons. The number of halogens is 5. The molecule has 0 unspecified atom stereocenters. The number of aromatic amines is 1. The number of H-pyrrole nitrogens is 1. The molecule has 5 heterocycles. The lowest BCUT2D eigenvalue weighted by atomic mass is 9.86. The molecule has 4 aromatic rings. The fourth-order valence-corrected chi connectivity index (χ4v) is 7.87. The first-order valence-corrected chi connectivity index (χ1v) is 18.0. The predicted molar refractivity (Wildman–Crippen MR) is 191 cm³/mol. The number of hydrogen-bond donors (Lipinski definition) is 1. The number of carbonyl (C=O) groups is 2. The molecule has 3 saturated heterocycles. The van der Waals surface area contributed by atoms with E-state index in [4.69, 9.17) is 42.1 Å². The van der Waals surface area contributed by atoms with Crippen LogP contribution >= 0.6 is 34.5 Å². The van der Waals surface area contributed by atoms with E-state index >= 15 is 0 Å². The zero-order valence-corrected chi connectivity index (χ0v) is 31.2. The van der Waals surface area contributed by atoms with Gasteiger partial charge in [-0.3, -0.25) is 9.80 Å². The van der Waals surface area contributed by atoms with Gasteiger partial charge in [0.25, 0.3) is 0 Å². The Hall–Kier alpha value is -4.48. The summed E-state index contributed by atoms with van der Waals surface area (Å²) >= 11 is 13.9. The number of thiophene rings is 1. The van der Waals surface area contributed by atoms with Gasteiger partial charge in [0, 0.05) is 29.5 Å². The first kappa shape index (κ1) is 40.7. The van der Waals surface area contributed by atoms with Gasteiger partial charge in [0.05, 0.1) is 26.5 Å². The van der Waals surface area contributed by atoms with E-state index < -0.39 is 42.1 Å². The molecule has 7 rings (SSSR count). The first-order valence-electron chi connectivity index (χ1n) is 16.5. The van der Waals surface area contributed by atoms with E-state index in [0.29, 0.717) is 44.1 Å². The first-order chi connectivity index (χ1) is 25.3. The molecule has 2 aromatic heterocycles. The zero-order chi connectivity index (χ0) is 37.9. The van der Waals surface area contributed by atoms with E-state index in [1.165, 1.54) is 20.3 Å². The summed E-state index contributed by atoms with van der Waals surface area (Å²) in [4.78, 5) is 34.2. The second-order valence-corrected chi connectivity index (χ2v) is 14.4. The minimum absolute atomic E-state index is 0. The molecule has 1 amide bonds. The molecule has 12 nitrogen and oxygen atoms in total. The largest absolute Gasteiger partial charge is 0.870 e. The maximum Gasteiger partial charge on any atom is 0.573 e. The van der Waals surface area contributed by atoms with E-state index in [2.05, 4.69) is 14.6 Å². The average molecular weight is 815 g/mol. The predicted octanol–water partition coefficient (Wildman–Crippen LogP) is 7.69. The number of nitrogens with one attached hydrogen (secondary N) is 1.